The molecule has 0 atom stereocenters. The summed E-state index contributed by atoms with van der Waals surface area (Å²) < 4.78 is 26.7. The molecule has 2 rings (SSSR count). The third kappa shape index (κ3) is 3.18. The van der Waals surface area contributed by atoms with E-state index >= 15 is 0 Å². The topological polar surface area (TPSA) is 59.1 Å². The minimum atomic E-state index is -3.73. The molecule has 2 aromatic rings. The maximum absolute atomic E-state index is 12.2. The summed E-state index contributed by atoms with van der Waals surface area (Å²) in [5.41, 5.74) is 0.728. The molecule has 0 spiro atoms. The molecule has 0 amide bonds. The molecule has 0 aliphatic heterocycles. The van der Waals surface area contributed by atoms with Crippen LogP contribution in [-0.4, -0.2) is 13.4 Å². The van der Waals surface area contributed by atoms with Crippen molar-refractivity contribution in [3.05, 3.63) is 52.1 Å². The first-order chi connectivity index (χ1) is 8.90. The average Bonchev–Trinajstić information content (AvgIpc) is 2.35. The Bertz CT molecular complexity index is 717. The van der Waals surface area contributed by atoms with Crippen LogP contribution in [0.5, 0.6) is 0 Å². The van der Waals surface area contributed by atoms with Gasteiger partial charge in [-0.3, -0.25) is 4.72 Å². The van der Waals surface area contributed by atoms with E-state index < -0.39 is 10.0 Å². The maximum atomic E-state index is 12.2. The molecule has 0 radical (unpaired) electrons. The van der Waals surface area contributed by atoms with Crippen LogP contribution in [0.4, 0.5) is 5.82 Å². The third-order valence-electron chi connectivity index (χ3n) is 2.44. The van der Waals surface area contributed by atoms with Gasteiger partial charge in [0.1, 0.15) is 5.82 Å². The van der Waals surface area contributed by atoms with E-state index in [4.69, 9.17) is 23.2 Å². The number of aryl methyl sites for hydroxylation is 1. The van der Waals surface area contributed by atoms with Crippen molar-refractivity contribution in [2.24, 2.45) is 0 Å². The normalized spacial score (nSPS) is 11.3. The van der Waals surface area contributed by atoms with Gasteiger partial charge >= 0.3 is 0 Å². The van der Waals surface area contributed by atoms with Crippen molar-refractivity contribution in [3.63, 3.8) is 0 Å². The molecular formula is C12H10Cl2N2O2S. The number of sulfonamides is 1. The molecule has 1 aromatic heterocycles. The van der Waals surface area contributed by atoms with Crippen LogP contribution in [-0.2, 0) is 10.0 Å². The molecule has 0 unspecified atom stereocenters. The lowest BCUT2D eigenvalue weighted by molar-refractivity contribution is 0.601. The fourth-order valence-electron chi connectivity index (χ4n) is 1.42. The van der Waals surface area contributed by atoms with Crippen LogP contribution in [0.15, 0.2) is 41.4 Å². The number of benzene rings is 1. The Morgan fingerprint density at radius 1 is 1.16 bits per heavy atom. The zero-order valence-electron chi connectivity index (χ0n) is 9.89. The summed E-state index contributed by atoms with van der Waals surface area (Å²) >= 11 is 11.6. The Balaban J connectivity index is 2.38. The highest BCUT2D eigenvalue weighted by Gasteiger charge is 2.17. The number of anilines is 1. The van der Waals surface area contributed by atoms with Gasteiger partial charge in [-0.1, -0.05) is 29.3 Å². The van der Waals surface area contributed by atoms with Crippen LogP contribution in [0, 0.1) is 6.92 Å². The third-order valence-corrected chi connectivity index (χ3v) is 4.52. The quantitative estimate of drug-likeness (QED) is 0.942. The number of halogens is 2. The number of pyridine rings is 1. The number of nitrogens with zero attached hydrogens (tertiary/aromatic N) is 1. The SMILES string of the molecule is Cc1cccnc1NS(=O)(=O)c1ccc(Cl)c(Cl)c1. The van der Waals surface area contributed by atoms with Gasteiger partial charge in [0.25, 0.3) is 10.0 Å². The van der Waals surface area contributed by atoms with Gasteiger partial charge in [0.15, 0.2) is 0 Å². The summed E-state index contributed by atoms with van der Waals surface area (Å²) in [6, 6.07) is 7.61. The van der Waals surface area contributed by atoms with E-state index in [0.717, 1.165) is 5.56 Å². The van der Waals surface area contributed by atoms with E-state index in [1.807, 2.05) is 0 Å². The summed E-state index contributed by atoms with van der Waals surface area (Å²) in [7, 11) is -3.73. The van der Waals surface area contributed by atoms with Crippen LogP contribution in [0.3, 0.4) is 0 Å². The van der Waals surface area contributed by atoms with Gasteiger partial charge in [-0.25, -0.2) is 13.4 Å². The van der Waals surface area contributed by atoms with E-state index in [1.165, 1.54) is 24.4 Å². The summed E-state index contributed by atoms with van der Waals surface area (Å²) in [6.45, 7) is 1.76. The number of aromatic nitrogens is 1. The molecule has 1 N–H and O–H groups in total. The molecule has 4 nitrogen and oxygen atoms in total. The van der Waals surface area contributed by atoms with Gasteiger partial charge in [-0.15, -0.1) is 0 Å². The molecule has 0 saturated carbocycles. The molecule has 19 heavy (non-hydrogen) atoms. The zero-order chi connectivity index (χ0) is 14.0. The van der Waals surface area contributed by atoms with Crippen LogP contribution < -0.4 is 4.72 Å². The minimum absolute atomic E-state index is 0.0342. The summed E-state index contributed by atoms with van der Waals surface area (Å²) in [4.78, 5) is 4.01. The van der Waals surface area contributed by atoms with Crippen molar-refractivity contribution < 1.29 is 8.42 Å². The largest absolute Gasteiger partial charge is 0.263 e. The molecular weight excluding hydrogens is 307 g/mol. The number of rotatable bonds is 3. The highest BCUT2D eigenvalue weighted by atomic mass is 35.5. The molecule has 100 valence electrons. The summed E-state index contributed by atoms with van der Waals surface area (Å²) in [6.07, 6.45) is 1.51. The average molecular weight is 317 g/mol. The van der Waals surface area contributed by atoms with Gasteiger partial charge < -0.3 is 0 Å². The second kappa shape index (κ2) is 5.36. The first-order valence-electron chi connectivity index (χ1n) is 5.29. The Morgan fingerprint density at radius 2 is 1.89 bits per heavy atom. The molecule has 0 bridgehead atoms. The molecule has 7 heteroatoms. The van der Waals surface area contributed by atoms with Crippen LogP contribution >= 0.6 is 23.2 Å². The van der Waals surface area contributed by atoms with Crippen molar-refractivity contribution in [3.8, 4) is 0 Å². The number of nitrogens with one attached hydrogen (secondary N) is 1. The molecule has 1 aromatic carbocycles. The predicted molar refractivity (Wildman–Crippen MR) is 76.2 cm³/mol. The Morgan fingerprint density at radius 3 is 2.53 bits per heavy atom. The lowest BCUT2D eigenvalue weighted by Crippen LogP contribution is -2.14. The second-order valence-corrected chi connectivity index (χ2v) is 6.35. The molecule has 0 aliphatic carbocycles. The smallest absolute Gasteiger partial charge is 0.263 e. The Labute approximate surface area is 121 Å². The molecule has 0 aliphatic rings. The van der Waals surface area contributed by atoms with E-state index in [-0.39, 0.29) is 15.7 Å². The van der Waals surface area contributed by atoms with E-state index in [1.54, 1.807) is 19.1 Å². The van der Waals surface area contributed by atoms with Crippen molar-refractivity contribution in [2.45, 2.75) is 11.8 Å². The van der Waals surface area contributed by atoms with Gasteiger partial charge in [-0.05, 0) is 36.8 Å². The van der Waals surface area contributed by atoms with Crippen LogP contribution in [0.25, 0.3) is 0 Å². The van der Waals surface area contributed by atoms with E-state index in [2.05, 4.69) is 9.71 Å². The van der Waals surface area contributed by atoms with Crippen LogP contribution in [0.2, 0.25) is 10.0 Å². The summed E-state index contributed by atoms with van der Waals surface area (Å²) in [5, 5.41) is 0.483. The minimum Gasteiger partial charge on any atom is -0.263 e. The Hall–Kier alpha value is -1.30. The van der Waals surface area contributed by atoms with Gasteiger partial charge in [-0.2, -0.15) is 0 Å². The number of hydrogen-bond acceptors (Lipinski definition) is 3. The Kier molecular flexibility index (Phi) is 3.99. The lowest BCUT2D eigenvalue weighted by Gasteiger charge is -2.09. The van der Waals surface area contributed by atoms with Crippen molar-refractivity contribution in [1.82, 2.24) is 4.98 Å². The molecule has 1 heterocycles. The number of hydrogen-bond donors (Lipinski definition) is 1. The van der Waals surface area contributed by atoms with Crippen molar-refractivity contribution in [2.75, 3.05) is 4.72 Å². The first-order valence-corrected chi connectivity index (χ1v) is 7.53. The molecule has 0 fully saturated rings. The molecule has 0 saturated heterocycles. The lowest BCUT2D eigenvalue weighted by atomic mass is 10.3. The maximum Gasteiger partial charge on any atom is 0.263 e. The highest BCUT2D eigenvalue weighted by Crippen LogP contribution is 2.26. The van der Waals surface area contributed by atoms with Crippen molar-refractivity contribution in [1.29, 1.82) is 0 Å². The highest BCUT2D eigenvalue weighted by molar-refractivity contribution is 7.92. The summed E-state index contributed by atoms with van der Waals surface area (Å²) in [5.74, 6) is 0.286. The fourth-order valence-corrected chi connectivity index (χ4v) is 2.89. The standard InChI is InChI=1S/C12H10Cl2N2O2S/c1-8-3-2-6-15-12(8)16-19(17,18)9-4-5-10(13)11(14)7-9/h2-7H,1H3,(H,15,16). The second-order valence-electron chi connectivity index (χ2n) is 3.85. The first kappa shape index (κ1) is 14.1. The van der Waals surface area contributed by atoms with Gasteiger partial charge in [0.05, 0.1) is 14.9 Å². The fraction of sp³-hybridized carbons (Fsp3) is 0.0833. The van der Waals surface area contributed by atoms with Gasteiger partial charge in [0.2, 0.25) is 0 Å². The van der Waals surface area contributed by atoms with Crippen molar-refractivity contribution >= 4 is 39.0 Å². The zero-order valence-corrected chi connectivity index (χ0v) is 12.2. The van der Waals surface area contributed by atoms with E-state index in [0.29, 0.717) is 5.02 Å². The van der Waals surface area contributed by atoms with E-state index in [9.17, 15) is 8.42 Å². The van der Waals surface area contributed by atoms with Crippen LogP contribution in [0.1, 0.15) is 5.56 Å². The predicted octanol–water partition coefficient (Wildman–Crippen LogP) is 3.50. The monoisotopic (exact) mass is 316 g/mol. The van der Waals surface area contributed by atoms with Gasteiger partial charge in [0, 0.05) is 6.20 Å².